The maximum Gasteiger partial charge on any atom is 0.317 e. The Morgan fingerprint density at radius 2 is 2.04 bits per heavy atom. The van der Waals surface area contributed by atoms with Crippen LogP contribution in [0.3, 0.4) is 0 Å². The number of carboxylic acid groups (broad SMARTS) is 1. The van der Waals surface area contributed by atoms with E-state index in [1.807, 2.05) is 11.8 Å². The van der Waals surface area contributed by atoms with Gasteiger partial charge in [0.1, 0.15) is 10.6 Å². The molecule has 1 fully saturated rings. The van der Waals surface area contributed by atoms with Crippen molar-refractivity contribution in [1.82, 2.24) is 9.21 Å². The molecule has 1 aromatic carbocycles. The number of carboxylic acids is 1. The van der Waals surface area contributed by atoms with Gasteiger partial charge in [-0.05, 0) is 31.5 Å². The van der Waals surface area contributed by atoms with Gasteiger partial charge in [0.25, 0.3) is 0 Å². The molecule has 140 valence electrons. The van der Waals surface area contributed by atoms with Crippen LogP contribution < -0.4 is 4.74 Å². The highest BCUT2D eigenvalue weighted by atomic mass is 35.5. The Morgan fingerprint density at radius 3 is 2.56 bits per heavy atom. The fourth-order valence-corrected chi connectivity index (χ4v) is 5.03. The Bertz CT molecular complexity index is 717. The van der Waals surface area contributed by atoms with Crippen LogP contribution >= 0.6 is 11.6 Å². The highest BCUT2D eigenvalue weighted by Crippen LogP contribution is 2.30. The summed E-state index contributed by atoms with van der Waals surface area (Å²) in [4.78, 5) is 12.8. The molecule has 7 nitrogen and oxygen atoms in total. The largest absolute Gasteiger partial charge is 0.497 e. The number of hydrogen-bond acceptors (Lipinski definition) is 5. The van der Waals surface area contributed by atoms with Crippen molar-refractivity contribution < 1.29 is 23.1 Å². The second kappa shape index (κ2) is 8.35. The van der Waals surface area contributed by atoms with Crippen molar-refractivity contribution >= 4 is 27.6 Å². The zero-order chi connectivity index (χ0) is 18.6. The summed E-state index contributed by atoms with van der Waals surface area (Å²) in [5.74, 6) is -0.448. The van der Waals surface area contributed by atoms with E-state index in [2.05, 4.69) is 0 Å². The van der Waals surface area contributed by atoms with Crippen molar-refractivity contribution in [3.05, 3.63) is 23.2 Å². The minimum atomic E-state index is -3.72. The minimum Gasteiger partial charge on any atom is -0.497 e. The number of halogens is 1. The Morgan fingerprint density at radius 1 is 1.40 bits per heavy atom. The smallest absolute Gasteiger partial charge is 0.317 e. The minimum absolute atomic E-state index is 0.0321. The van der Waals surface area contributed by atoms with Gasteiger partial charge >= 0.3 is 5.97 Å². The standard InChI is InChI=1S/C16H23ClN2O5S/c1-3-18(11-16(20)21)12-6-8-19(9-7-12)25(22,23)15-10-13(24-2)4-5-14(15)17/h4-5,10,12H,3,6-9,11H2,1-2H3,(H,20,21). The fraction of sp³-hybridized carbons (Fsp3) is 0.562. The fourth-order valence-electron chi connectivity index (χ4n) is 3.07. The lowest BCUT2D eigenvalue weighted by atomic mass is 10.0. The van der Waals surface area contributed by atoms with E-state index in [0.717, 1.165) is 0 Å². The van der Waals surface area contributed by atoms with E-state index in [1.54, 1.807) is 6.07 Å². The SMILES string of the molecule is CCN(CC(=O)O)C1CCN(S(=O)(=O)c2cc(OC)ccc2Cl)CC1. The first-order valence-electron chi connectivity index (χ1n) is 8.09. The summed E-state index contributed by atoms with van der Waals surface area (Å²) >= 11 is 6.08. The predicted molar refractivity (Wildman–Crippen MR) is 94.7 cm³/mol. The third kappa shape index (κ3) is 4.63. The Hall–Kier alpha value is -1.35. The summed E-state index contributed by atoms with van der Waals surface area (Å²) in [6.07, 6.45) is 1.17. The van der Waals surface area contributed by atoms with E-state index in [0.29, 0.717) is 38.2 Å². The molecule has 9 heteroatoms. The first-order chi connectivity index (χ1) is 11.8. The molecule has 1 aromatic rings. The molecule has 0 bridgehead atoms. The number of rotatable bonds is 7. The Labute approximate surface area is 153 Å². The molecule has 1 saturated heterocycles. The van der Waals surface area contributed by atoms with Crippen LogP contribution in [-0.4, -0.2) is 68.0 Å². The molecule has 0 aromatic heterocycles. The summed E-state index contributed by atoms with van der Waals surface area (Å²) in [5.41, 5.74) is 0. The van der Waals surface area contributed by atoms with Gasteiger partial charge in [-0.3, -0.25) is 9.69 Å². The van der Waals surface area contributed by atoms with Gasteiger partial charge in [0.05, 0.1) is 18.7 Å². The van der Waals surface area contributed by atoms with Crippen molar-refractivity contribution in [2.75, 3.05) is 33.3 Å². The third-order valence-corrected chi connectivity index (χ3v) is 6.82. The van der Waals surface area contributed by atoms with Crippen LogP contribution in [0.5, 0.6) is 5.75 Å². The molecule has 0 spiro atoms. The van der Waals surface area contributed by atoms with E-state index < -0.39 is 16.0 Å². The monoisotopic (exact) mass is 390 g/mol. The summed E-state index contributed by atoms with van der Waals surface area (Å²) in [7, 11) is -2.25. The van der Waals surface area contributed by atoms with Crippen molar-refractivity contribution in [2.45, 2.75) is 30.7 Å². The number of carbonyl (C=O) groups is 1. The lowest BCUT2D eigenvalue weighted by Crippen LogP contribution is -2.48. The van der Waals surface area contributed by atoms with Crippen molar-refractivity contribution in [1.29, 1.82) is 0 Å². The Balaban J connectivity index is 2.12. The number of ether oxygens (including phenoxy) is 1. The van der Waals surface area contributed by atoms with Crippen LogP contribution in [0, 0.1) is 0 Å². The average molecular weight is 391 g/mol. The average Bonchev–Trinajstić information content (AvgIpc) is 2.60. The van der Waals surface area contributed by atoms with Crippen LogP contribution in [0.2, 0.25) is 5.02 Å². The molecule has 0 amide bonds. The first kappa shape index (κ1) is 20.0. The zero-order valence-corrected chi connectivity index (χ0v) is 15.9. The Kier molecular flexibility index (Phi) is 6.67. The quantitative estimate of drug-likeness (QED) is 0.765. The molecular weight excluding hydrogens is 368 g/mol. The third-order valence-electron chi connectivity index (χ3n) is 4.44. The molecule has 0 radical (unpaired) electrons. The van der Waals surface area contributed by atoms with Gasteiger partial charge in [-0.25, -0.2) is 8.42 Å². The van der Waals surface area contributed by atoms with Crippen molar-refractivity contribution in [2.24, 2.45) is 0 Å². The molecule has 1 heterocycles. The van der Waals surface area contributed by atoms with Crippen molar-refractivity contribution in [3.8, 4) is 5.75 Å². The number of methoxy groups -OCH3 is 1. The summed E-state index contributed by atoms with van der Waals surface area (Å²) in [6.45, 7) is 3.15. The summed E-state index contributed by atoms with van der Waals surface area (Å²) < 4.78 is 32.2. The van der Waals surface area contributed by atoms with Gasteiger partial charge in [-0.15, -0.1) is 0 Å². The molecule has 0 saturated carbocycles. The summed E-state index contributed by atoms with van der Waals surface area (Å²) in [5, 5.41) is 9.14. The van der Waals surface area contributed by atoms with Gasteiger partial charge in [0, 0.05) is 25.2 Å². The number of sulfonamides is 1. The van der Waals surface area contributed by atoms with Gasteiger partial charge in [0.15, 0.2) is 0 Å². The maximum atomic E-state index is 12.9. The molecule has 0 unspecified atom stereocenters. The molecule has 2 rings (SSSR count). The topological polar surface area (TPSA) is 87.2 Å². The van der Waals surface area contributed by atoms with E-state index in [9.17, 15) is 13.2 Å². The van der Waals surface area contributed by atoms with E-state index in [1.165, 1.54) is 23.5 Å². The van der Waals surface area contributed by atoms with E-state index >= 15 is 0 Å². The maximum absolute atomic E-state index is 12.9. The molecule has 0 aliphatic carbocycles. The second-order valence-electron chi connectivity index (χ2n) is 5.89. The lowest BCUT2D eigenvalue weighted by Gasteiger charge is -2.36. The van der Waals surface area contributed by atoms with Crippen LogP contribution in [0.25, 0.3) is 0 Å². The number of aliphatic carboxylic acids is 1. The zero-order valence-electron chi connectivity index (χ0n) is 14.3. The number of nitrogens with zero attached hydrogens (tertiary/aromatic N) is 2. The van der Waals surface area contributed by atoms with Crippen molar-refractivity contribution in [3.63, 3.8) is 0 Å². The molecule has 25 heavy (non-hydrogen) atoms. The number of likely N-dealkylation sites (N-methyl/N-ethyl adjacent to an activating group) is 1. The summed E-state index contributed by atoms with van der Waals surface area (Å²) in [6, 6.07) is 4.60. The van der Waals surface area contributed by atoms with Crippen LogP contribution in [-0.2, 0) is 14.8 Å². The highest BCUT2D eigenvalue weighted by Gasteiger charge is 2.33. The molecule has 1 N–H and O–H groups in total. The van der Waals surface area contributed by atoms with Crippen LogP contribution in [0.15, 0.2) is 23.1 Å². The highest BCUT2D eigenvalue weighted by molar-refractivity contribution is 7.89. The molecule has 1 aliphatic heterocycles. The van der Waals surface area contributed by atoms with Gasteiger partial charge < -0.3 is 9.84 Å². The normalized spacial score (nSPS) is 17.0. The van der Waals surface area contributed by atoms with E-state index in [-0.39, 0.29) is 22.5 Å². The molecular formula is C16H23ClN2O5S. The van der Waals surface area contributed by atoms with Gasteiger partial charge in [-0.1, -0.05) is 18.5 Å². The lowest BCUT2D eigenvalue weighted by molar-refractivity contribution is -0.139. The van der Waals surface area contributed by atoms with Crippen LogP contribution in [0.1, 0.15) is 19.8 Å². The molecule has 0 atom stereocenters. The van der Waals surface area contributed by atoms with Crippen LogP contribution in [0.4, 0.5) is 0 Å². The number of benzene rings is 1. The first-order valence-corrected chi connectivity index (χ1v) is 9.91. The second-order valence-corrected chi connectivity index (χ2v) is 8.20. The van der Waals surface area contributed by atoms with Gasteiger partial charge in [-0.2, -0.15) is 4.31 Å². The number of piperidine rings is 1. The van der Waals surface area contributed by atoms with Gasteiger partial charge in [0.2, 0.25) is 10.0 Å². The van der Waals surface area contributed by atoms with E-state index in [4.69, 9.17) is 21.4 Å². The number of hydrogen-bond donors (Lipinski definition) is 1. The predicted octanol–water partition coefficient (Wildman–Crippen LogP) is 1.91. The molecule has 1 aliphatic rings.